The molecule has 1 aliphatic rings. The third kappa shape index (κ3) is 5.36. The van der Waals surface area contributed by atoms with Gasteiger partial charge in [-0.1, -0.05) is 84.9 Å². The molecule has 5 heteroatoms. The summed E-state index contributed by atoms with van der Waals surface area (Å²) in [7, 11) is 0. The van der Waals surface area contributed by atoms with Crippen LogP contribution in [-0.4, -0.2) is 19.5 Å². The summed E-state index contributed by atoms with van der Waals surface area (Å²) >= 11 is 0. The molecule has 5 heterocycles. The van der Waals surface area contributed by atoms with Gasteiger partial charge >= 0.3 is 0 Å². The van der Waals surface area contributed by atoms with E-state index in [-0.39, 0.29) is 5.92 Å². The molecule has 0 spiro atoms. The molecule has 5 aromatic carbocycles. The smallest absolute Gasteiger partial charge is 0.135 e. The molecule has 5 nitrogen and oxygen atoms in total. The second-order valence-corrected chi connectivity index (χ2v) is 14.4. The monoisotopic (exact) mass is 718 g/mol. The van der Waals surface area contributed by atoms with Crippen molar-refractivity contribution < 1.29 is 4.42 Å². The van der Waals surface area contributed by atoms with E-state index in [9.17, 15) is 0 Å². The fourth-order valence-electron chi connectivity index (χ4n) is 8.59. The molecule has 0 radical (unpaired) electrons. The predicted molar refractivity (Wildman–Crippen MR) is 228 cm³/mol. The molecule has 1 aliphatic carbocycles. The number of nitrogens with zero attached hydrogens (tertiary/aromatic N) is 4. The van der Waals surface area contributed by atoms with Crippen LogP contribution in [0.4, 0.5) is 0 Å². The topological polar surface area (TPSA) is 56.7 Å². The first kappa shape index (κ1) is 32.1. The number of pyridine rings is 3. The lowest BCUT2D eigenvalue weighted by atomic mass is 9.83. The van der Waals surface area contributed by atoms with Gasteiger partial charge in [0.25, 0.3) is 0 Å². The SMILES string of the molecule is C1=CC(c2ccccc2-c2ccccn2)Cc2c1n(-c1ccc3oc4ccc(-c5cccnc5)cc4c3c1)c1ccc(-c3ccccc3-c3ccccn3)cc21. The molecule has 1 unspecified atom stereocenters. The van der Waals surface area contributed by atoms with E-state index in [4.69, 9.17) is 14.4 Å². The zero-order valence-electron chi connectivity index (χ0n) is 30.4. The Kier molecular flexibility index (Phi) is 7.56. The Morgan fingerprint density at radius 2 is 1.23 bits per heavy atom. The number of hydrogen-bond acceptors (Lipinski definition) is 4. The number of allylic oxidation sites excluding steroid dienone is 1. The van der Waals surface area contributed by atoms with Crippen molar-refractivity contribution >= 4 is 38.9 Å². The summed E-state index contributed by atoms with van der Waals surface area (Å²) in [6, 6.07) is 53.5. The van der Waals surface area contributed by atoms with E-state index < -0.39 is 0 Å². The molecule has 0 saturated heterocycles. The molecular weight excluding hydrogens is 685 g/mol. The van der Waals surface area contributed by atoms with Gasteiger partial charge in [-0.15, -0.1) is 0 Å². The first-order valence-electron chi connectivity index (χ1n) is 19.0. The second-order valence-electron chi connectivity index (χ2n) is 14.4. The van der Waals surface area contributed by atoms with Crippen LogP contribution in [0.15, 0.2) is 187 Å². The van der Waals surface area contributed by atoms with Crippen molar-refractivity contribution in [3.8, 4) is 50.5 Å². The largest absolute Gasteiger partial charge is 0.456 e. The first-order valence-corrected chi connectivity index (χ1v) is 19.0. The van der Waals surface area contributed by atoms with Crippen molar-refractivity contribution in [2.45, 2.75) is 12.3 Å². The van der Waals surface area contributed by atoms with Crippen molar-refractivity contribution in [1.29, 1.82) is 0 Å². The Hall–Kier alpha value is -7.37. The lowest BCUT2D eigenvalue weighted by Crippen LogP contribution is -2.08. The van der Waals surface area contributed by atoms with E-state index in [2.05, 4.69) is 149 Å². The van der Waals surface area contributed by atoms with Gasteiger partial charge in [-0.05, 0) is 113 Å². The molecule has 0 saturated carbocycles. The Morgan fingerprint density at radius 3 is 2.02 bits per heavy atom. The normalized spacial score (nSPS) is 13.8. The van der Waals surface area contributed by atoms with E-state index in [1.807, 2.05) is 49.1 Å². The van der Waals surface area contributed by atoms with Crippen molar-refractivity contribution in [3.63, 3.8) is 0 Å². The van der Waals surface area contributed by atoms with E-state index in [0.717, 1.165) is 73.3 Å². The summed E-state index contributed by atoms with van der Waals surface area (Å²) < 4.78 is 8.82. The van der Waals surface area contributed by atoms with Gasteiger partial charge in [0.2, 0.25) is 0 Å². The maximum atomic E-state index is 6.39. The second kappa shape index (κ2) is 13.2. The van der Waals surface area contributed by atoms with Crippen molar-refractivity contribution in [2.75, 3.05) is 0 Å². The average Bonchev–Trinajstić information content (AvgIpc) is 3.81. The van der Waals surface area contributed by atoms with Gasteiger partial charge in [0.05, 0.1) is 16.9 Å². The number of furan rings is 1. The van der Waals surface area contributed by atoms with Gasteiger partial charge in [0.15, 0.2) is 0 Å². The van der Waals surface area contributed by atoms with Crippen molar-refractivity contribution in [2.24, 2.45) is 0 Å². The van der Waals surface area contributed by atoms with Crippen LogP contribution in [0.25, 0.3) is 89.4 Å². The van der Waals surface area contributed by atoms with Gasteiger partial charge in [0, 0.05) is 74.9 Å². The van der Waals surface area contributed by atoms with Crippen LogP contribution in [0.1, 0.15) is 22.7 Å². The molecular formula is C51H34N4O. The highest BCUT2D eigenvalue weighted by Crippen LogP contribution is 2.43. The van der Waals surface area contributed by atoms with Gasteiger partial charge in [0.1, 0.15) is 11.2 Å². The van der Waals surface area contributed by atoms with Gasteiger partial charge in [-0.3, -0.25) is 15.0 Å². The number of aromatic nitrogens is 4. The standard InChI is InChI=1S/C51H34N4O/c1-3-13-40(46-15-5-7-26-53-46)38(11-1)34-17-21-48-42(29-34)43-30-35(39-12-2-4-14-41(39)47-16-6-8-27-54-47)18-22-49(43)55(48)37-20-24-51-45(31-37)44-28-33(19-23-50(44)56-51)36-10-9-25-52-32-36/h1-29,31-32,35H,30H2. The molecule has 0 N–H and O–H groups in total. The average molecular weight is 719 g/mol. The highest BCUT2D eigenvalue weighted by Gasteiger charge is 2.26. The quantitative estimate of drug-likeness (QED) is 0.172. The molecule has 264 valence electrons. The molecule has 1 atom stereocenters. The number of rotatable bonds is 6. The van der Waals surface area contributed by atoms with Crippen molar-refractivity contribution in [3.05, 3.63) is 199 Å². The number of benzene rings is 5. The van der Waals surface area contributed by atoms with Crippen LogP contribution < -0.4 is 0 Å². The highest BCUT2D eigenvalue weighted by molar-refractivity contribution is 6.07. The third-order valence-electron chi connectivity index (χ3n) is 11.2. The van der Waals surface area contributed by atoms with Crippen LogP contribution in [-0.2, 0) is 6.42 Å². The summed E-state index contributed by atoms with van der Waals surface area (Å²) in [5.41, 5.74) is 16.6. The first-order chi connectivity index (χ1) is 27.8. The fraction of sp³-hybridized carbons (Fsp3) is 0.0392. The minimum atomic E-state index is 0.176. The number of hydrogen-bond donors (Lipinski definition) is 0. The van der Waals surface area contributed by atoms with Crippen LogP contribution in [0, 0.1) is 0 Å². The van der Waals surface area contributed by atoms with Gasteiger partial charge in [-0.2, -0.15) is 0 Å². The molecule has 0 aliphatic heterocycles. The Balaban J connectivity index is 1.10. The van der Waals surface area contributed by atoms with Gasteiger partial charge < -0.3 is 8.98 Å². The van der Waals surface area contributed by atoms with Crippen molar-refractivity contribution in [1.82, 2.24) is 19.5 Å². The molecule has 0 amide bonds. The molecule has 11 rings (SSSR count). The van der Waals surface area contributed by atoms with E-state index >= 15 is 0 Å². The Labute approximate surface area is 323 Å². The zero-order chi connectivity index (χ0) is 37.0. The zero-order valence-corrected chi connectivity index (χ0v) is 30.4. The molecule has 10 aromatic rings. The van der Waals surface area contributed by atoms with E-state index in [1.165, 1.54) is 33.3 Å². The predicted octanol–water partition coefficient (Wildman–Crippen LogP) is 12.7. The molecule has 0 bridgehead atoms. The van der Waals surface area contributed by atoms with E-state index in [0.29, 0.717) is 0 Å². The number of fused-ring (bicyclic) bond motifs is 6. The summed E-state index contributed by atoms with van der Waals surface area (Å²) in [6.07, 6.45) is 13.0. The van der Waals surface area contributed by atoms with Crippen LogP contribution in [0.5, 0.6) is 0 Å². The Bertz CT molecular complexity index is 3110. The Morgan fingerprint density at radius 1 is 0.536 bits per heavy atom. The highest BCUT2D eigenvalue weighted by atomic mass is 16.3. The van der Waals surface area contributed by atoms with Crippen LogP contribution in [0.2, 0.25) is 0 Å². The lowest BCUT2D eigenvalue weighted by Gasteiger charge is -2.22. The summed E-state index contributed by atoms with van der Waals surface area (Å²) in [6.45, 7) is 0. The maximum Gasteiger partial charge on any atom is 0.135 e. The summed E-state index contributed by atoms with van der Waals surface area (Å²) in [5.74, 6) is 0.176. The summed E-state index contributed by atoms with van der Waals surface area (Å²) in [5, 5.41) is 3.42. The van der Waals surface area contributed by atoms with Crippen LogP contribution in [0.3, 0.4) is 0 Å². The minimum absolute atomic E-state index is 0.176. The molecule has 56 heavy (non-hydrogen) atoms. The maximum absolute atomic E-state index is 6.39. The third-order valence-corrected chi connectivity index (χ3v) is 11.2. The summed E-state index contributed by atoms with van der Waals surface area (Å²) in [4.78, 5) is 13.8. The lowest BCUT2D eigenvalue weighted by molar-refractivity contribution is 0.669. The van der Waals surface area contributed by atoms with Crippen LogP contribution >= 0.6 is 0 Å². The fourth-order valence-corrected chi connectivity index (χ4v) is 8.59. The van der Waals surface area contributed by atoms with Gasteiger partial charge in [-0.25, -0.2) is 0 Å². The minimum Gasteiger partial charge on any atom is -0.456 e. The molecule has 0 fully saturated rings. The molecule has 5 aromatic heterocycles. The van der Waals surface area contributed by atoms with E-state index in [1.54, 1.807) is 0 Å².